The number of amides is 2. The summed E-state index contributed by atoms with van der Waals surface area (Å²) >= 11 is 0. The van der Waals surface area contributed by atoms with Crippen molar-refractivity contribution in [2.24, 2.45) is 5.92 Å². The molecule has 1 rings (SSSR count). The number of nitrogens with one attached hydrogen (secondary N) is 3. The maximum absolute atomic E-state index is 12.2. The van der Waals surface area contributed by atoms with Crippen molar-refractivity contribution in [3.05, 3.63) is 29.8 Å². The van der Waals surface area contributed by atoms with Crippen LogP contribution in [0, 0.1) is 17.8 Å². The van der Waals surface area contributed by atoms with Gasteiger partial charge >= 0.3 is 6.09 Å². The minimum absolute atomic E-state index is 0.0142. The molecule has 0 bridgehead atoms. The van der Waals surface area contributed by atoms with E-state index in [1.807, 2.05) is 52.1 Å². The third-order valence-electron chi connectivity index (χ3n) is 5.21. The second-order valence-corrected chi connectivity index (χ2v) is 12.0. The monoisotopic (exact) mass is 627 g/mol. The van der Waals surface area contributed by atoms with E-state index in [1.165, 1.54) is 0 Å². The Labute approximate surface area is 259 Å². The third kappa shape index (κ3) is 23.6. The Morgan fingerprint density at radius 2 is 1.48 bits per heavy atom. The molecule has 1 aromatic rings. The molecule has 0 aromatic heterocycles. The van der Waals surface area contributed by atoms with Crippen molar-refractivity contribution >= 4 is 33.6 Å². The van der Waals surface area contributed by atoms with Gasteiger partial charge < -0.3 is 39.6 Å². The molecule has 42 heavy (non-hydrogen) atoms. The lowest BCUT2D eigenvalue weighted by atomic mass is 10.1. The minimum atomic E-state index is -0.443. The Kier molecular flexibility index (Phi) is 24.1. The summed E-state index contributed by atoms with van der Waals surface area (Å²) in [5.74, 6) is 6.11. The highest BCUT2D eigenvalue weighted by atomic mass is 33.1. The highest BCUT2D eigenvalue weighted by Gasteiger charge is 2.07. The van der Waals surface area contributed by atoms with Gasteiger partial charge in [0.1, 0.15) is 5.44 Å². The summed E-state index contributed by atoms with van der Waals surface area (Å²) in [6, 6.07) is 7.96. The van der Waals surface area contributed by atoms with Gasteiger partial charge in [-0.15, -0.1) is 0 Å². The molecule has 12 heteroatoms. The Hall–Kier alpha value is -1.98. The van der Waals surface area contributed by atoms with E-state index in [0.29, 0.717) is 72.4 Å². The van der Waals surface area contributed by atoms with Gasteiger partial charge in [0.15, 0.2) is 0 Å². The number of hydrogen-bond acceptors (Lipinski definition) is 10. The first-order chi connectivity index (χ1) is 20.4. The molecule has 3 N–H and O–H groups in total. The zero-order valence-corrected chi connectivity index (χ0v) is 27.2. The molecule has 0 radical (unpaired) electrons. The fourth-order valence-electron chi connectivity index (χ4n) is 3.08. The SMILES string of the molecule is CNCCOCCOCCOCCNC(=O)Cc1ccc(SSC(C)OCCCCOC(=O)NCC#CC(C)C)cc1. The van der Waals surface area contributed by atoms with Crippen molar-refractivity contribution in [1.82, 2.24) is 16.0 Å². The molecule has 1 unspecified atom stereocenters. The van der Waals surface area contributed by atoms with Gasteiger partial charge in [-0.1, -0.05) is 59.4 Å². The van der Waals surface area contributed by atoms with E-state index in [-0.39, 0.29) is 17.3 Å². The Morgan fingerprint density at radius 3 is 2.14 bits per heavy atom. The average molecular weight is 628 g/mol. The van der Waals surface area contributed by atoms with Crippen LogP contribution in [0.4, 0.5) is 4.79 Å². The van der Waals surface area contributed by atoms with Gasteiger partial charge in [0.05, 0.1) is 59.2 Å². The molecule has 0 heterocycles. The fourth-order valence-corrected chi connectivity index (χ4v) is 4.97. The zero-order valence-electron chi connectivity index (χ0n) is 25.5. The molecule has 10 nitrogen and oxygen atoms in total. The molecule has 0 saturated heterocycles. The summed E-state index contributed by atoms with van der Waals surface area (Å²) in [6.07, 6.45) is 1.43. The van der Waals surface area contributed by atoms with Crippen molar-refractivity contribution < 1.29 is 33.3 Å². The maximum atomic E-state index is 12.2. The van der Waals surface area contributed by atoms with Crippen LogP contribution in [0.25, 0.3) is 0 Å². The number of alkyl carbamates (subject to hydrolysis) is 1. The van der Waals surface area contributed by atoms with Crippen LogP contribution >= 0.6 is 21.6 Å². The first-order valence-electron chi connectivity index (χ1n) is 14.5. The van der Waals surface area contributed by atoms with E-state index < -0.39 is 6.09 Å². The highest BCUT2D eigenvalue weighted by molar-refractivity contribution is 8.76. The smallest absolute Gasteiger partial charge is 0.407 e. The summed E-state index contributed by atoms with van der Waals surface area (Å²) in [5.41, 5.74) is 0.970. The second kappa shape index (κ2) is 26.6. The summed E-state index contributed by atoms with van der Waals surface area (Å²) in [4.78, 5) is 24.9. The Balaban J connectivity index is 2.02. The van der Waals surface area contributed by atoms with Crippen LogP contribution in [-0.4, -0.2) is 97.0 Å². The maximum Gasteiger partial charge on any atom is 0.407 e. The van der Waals surface area contributed by atoms with Crippen molar-refractivity contribution in [2.75, 3.05) is 79.5 Å². The zero-order chi connectivity index (χ0) is 30.7. The number of carbonyl (C=O) groups excluding carboxylic acids is 2. The molecule has 1 aromatic carbocycles. The lowest BCUT2D eigenvalue weighted by Gasteiger charge is -2.12. The molecule has 0 aliphatic heterocycles. The van der Waals surface area contributed by atoms with Crippen LogP contribution in [-0.2, 0) is 34.9 Å². The van der Waals surface area contributed by atoms with Crippen LogP contribution in [0.1, 0.15) is 39.2 Å². The molecule has 238 valence electrons. The number of carbonyl (C=O) groups is 2. The first-order valence-corrected chi connectivity index (χ1v) is 16.7. The predicted molar refractivity (Wildman–Crippen MR) is 170 cm³/mol. The minimum Gasteiger partial charge on any atom is -0.450 e. The highest BCUT2D eigenvalue weighted by Crippen LogP contribution is 2.35. The van der Waals surface area contributed by atoms with Gasteiger partial charge in [-0.05, 0) is 44.5 Å². The van der Waals surface area contributed by atoms with E-state index in [9.17, 15) is 9.59 Å². The molecule has 0 aliphatic carbocycles. The molecule has 0 spiro atoms. The summed E-state index contributed by atoms with van der Waals surface area (Å²) in [7, 11) is 5.15. The largest absolute Gasteiger partial charge is 0.450 e. The van der Waals surface area contributed by atoms with Crippen molar-refractivity contribution in [3.63, 3.8) is 0 Å². The van der Waals surface area contributed by atoms with Gasteiger partial charge in [0.2, 0.25) is 5.91 Å². The summed E-state index contributed by atoms with van der Waals surface area (Å²) in [5, 5.41) is 8.50. The van der Waals surface area contributed by atoms with Crippen LogP contribution in [0.2, 0.25) is 0 Å². The molecule has 2 amide bonds. The number of unbranched alkanes of at least 4 members (excludes halogenated alkanes) is 1. The number of likely N-dealkylation sites (N-methyl/N-ethyl adjacent to an activating group) is 1. The fraction of sp³-hybridized carbons (Fsp3) is 0.667. The summed E-state index contributed by atoms with van der Waals surface area (Å²) < 4.78 is 27.2. The number of hydrogen-bond donors (Lipinski definition) is 3. The Morgan fingerprint density at radius 1 is 0.833 bits per heavy atom. The molecule has 0 fully saturated rings. The molecule has 0 aliphatic rings. The number of ether oxygens (including phenoxy) is 5. The van der Waals surface area contributed by atoms with Crippen LogP contribution in [0.15, 0.2) is 29.2 Å². The lowest BCUT2D eigenvalue weighted by Crippen LogP contribution is -2.29. The predicted octanol–water partition coefficient (Wildman–Crippen LogP) is 3.88. The normalized spacial score (nSPS) is 11.5. The van der Waals surface area contributed by atoms with Crippen molar-refractivity contribution in [3.8, 4) is 11.8 Å². The van der Waals surface area contributed by atoms with E-state index in [1.54, 1.807) is 21.6 Å². The van der Waals surface area contributed by atoms with E-state index in [2.05, 4.69) is 27.8 Å². The lowest BCUT2D eigenvalue weighted by molar-refractivity contribution is -0.120. The number of rotatable bonds is 24. The molecule has 1 atom stereocenters. The average Bonchev–Trinajstić information content (AvgIpc) is 2.97. The standard InChI is InChI=1S/C30H49N3O7S2/c1-25(2)8-7-13-33-30(35)40-17-6-5-16-39-26(3)41-42-28-11-9-27(10-12-28)24-29(34)32-15-19-37-21-23-38-22-20-36-18-14-31-4/h9-12,25-26,31H,5-6,13-24H2,1-4H3,(H,32,34)(H,33,35). The molecular weight excluding hydrogens is 578 g/mol. The Bertz CT molecular complexity index is 895. The van der Waals surface area contributed by atoms with Crippen LogP contribution in [0.5, 0.6) is 0 Å². The molecular formula is C30H49N3O7S2. The quantitative estimate of drug-likeness (QED) is 0.0675. The van der Waals surface area contributed by atoms with Crippen LogP contribution in [0.3, 0.4) is 0 Å². The van der Waals surface area contributed by atoms with Crippen LogP contribution < -0.4 is 16.0 Å². The topological polar surface area (TPSA) is 116 Å². The third-order valence-corrected chi connectivity index (χ3v) is 7.86. The van der Waals surface area contributed by atoms with Gasteiger partial charge in [0.25, 0.3) is 0 Å². The summed E-state index contributed by atoms with van der Waals surface area (Å²) in [6.45, 7) is 11.8. The van der Waals surface area contributed by atoms with Crippen molar-refractivity contribution in [2.45, 2.75) is 50.4 Å². The van der Waals surface area contributed by atoms with Crippen molar-refractivity contribution in [1.29, 1.82) is 0 Å². The first kappa shape index (κ1) is 38.0. The second-order valence-electron chi connectivity index (χ2n) is 9.40. The van der Waals surface area contributed by atoms with E-state index in [4.69, 9.17) is 23.7 Å². The number of benzene rings is 1. The van der Waals surface area contributed by atoms with E-state index >= 15 is 0 Å². The molecule has 0 saturated carbocycles. The van der Waals surface area contributed by atoms with E-state index in [0.717, 1.165) is 29.8 Å². The van der Waals surface area contributed by atoms with Gasteiger partial charge in [0, 0.05) is 30.5 Å². The van der Waals surface area contributed by atoms with Gasteiger partial charge in [-0.3, -0.25) is 4.79 Å². The van der Waals surface area contributed by atoms with Gasteiger partial charge in [-0.2, -0.15) is 0 Å². The van der Waals surface area contributed by atoms with Gasteiger partial charge in [-0.25, -0.2) is 4.79 Å².